The van der Waals surface area contributed by atoms with Crippen LogP contribution in [0, 0.1) is 0 Å². The maximum Gasteiger partial charge on any atom is 0.248 e. The molecule has 0 radical (unpaired) electrons. The molecule has 26 heavy (non-hydrogen) atoms. The molecule has 0 aliphatic heterocycles. The third kappa shape index (κ3) is 3.99. The lowest BCUT2D eigenvalue weighted by Crippen LogP contribution is -2.10. The average molecular weight is 348 g/mol. The van der Waals surface area contributed by atoms with E-state index >= 15 is 0 Å². The minimum Gasteiger partial charge on any atom is -0.453 e. The number of carbonyl (C=O) groups excluding carboxylic acids is 2. The van der Waals surface area contributed by atoms with Gasteiger partial charge in [-0.05, 0) is 60.7 Å². The largest absolute Gasteiger partial charge is 0.453 e. The van der Waals surface area contributed by atoms with Crippen LogP contribution in [0.4, 0.5) is 0 Å². The first-order valence-corrected chi connectivity index (χ1v) is 7.77. The fourth-order valence-corrected chi connectivity index (χ4v) is 2.25. The number of ether oxygens (including phenoxy) is 2. The second-order valence-electron chi connectivity index (χ2n) is 5.43. The van der Waals surface area contributed by atoms with Crippen molar-refractivity contribution in [2.24, 2.45) is 11.5 Å². The Kier molecular flexibility index (Phi) is 4.85. The van der Waals surface area contributed by atoms with Crippen LogP contribution in [0.25, 0.3) is 0 Å². The molecule has 0 atom stereocenters. The predicted molar refractivity (Wildman–Crippen MR) is 96.5 cm³/mol. The van der Waals surface area contributed by atoms with Crippen molar-refractivity contribution in [3.8, 4) is 23.0 Å². The van der Waals surface area contributed by atoms with Crippen LogP contribution in [-0.2, 0) is 0 Å². The summed E-state index contributed by atoms with van der Waals surface area (Å²) in [7, 11) is 0. The smallest absolute Gasteiger partial charge is 0.248 e. The van der Waals surface area contributed by atoms with E-state index in [1.807, 2.05) is 12.1 Å². The van der Waals surface area contributed by atoms with E-state index in [0.29, 0.717) is 34.1 Å². The summed E-state index contributed by atoms with van der Waals surface area (Å²) in [6.07, 6.45) is 0. The highest BCUT2D eigenvalue weighted by molar-refractivity contribution is 5.93. The lowest BCUT2D eigenvalue weighted by Gasteiger charge is -2.12. The van der Waals surface area contributed by atoms with Crippen LogP contribution >= 0.6 is 0 Å². The number of rotatable bonds is 6. The van der Waals surface area contributed by atoms with Gasteiger partial charge in [0.15, 0.2) is 11.5 Å². The van der Waals surface area contributed by atoms with Crippen molar-refractivity contribution in [2.75, 3.05) is 0 Å². The van der Waals surface area contributed by atoms with Gasteiger partial charge in [0.2, 0.25) is 11.8 Å². The van der Waals surface area contributed by atoms with Crippen LogP contribution in [0.15, 0.2) is 72.8 Å². The highest BCUT2D eigenvalue weighted by Gasteiger charge is 2.08. The van der Waals surface area contributed by atoms with E-state index in [0.717, 1.165) is 0 Å². The van der Waals surface area contributed by atoms with Crippen LogP contribution in [0.3, 0.4) is 0 Å². The molecule has 0 bridgehead atoms. The molecule has 0 spiro atoms. The second kappa shape index (κ2) is 7.40. The molecule has 0 aromatic heterocycles. The standard InChI is InChI=1S/C20H16N2O4/c21-19(23)13-5-9-15(10-6-13)25-17-3-1-2-4-18(17)26-16-11-7-14(8-12-16)20(22)24/h1-12H,(H2,21,23)(H2,22,24). The minimum atomic E-state index is -0.500. The number of amides is 2. The normalized spacial score (nSPS) is 10.2. The van der Waals surface area contributed by atoms with Crippen molar-refractivity contribution in [1.29, 1.82) is 0 Å². The van der Waals surface area contributed by atoms with Gasteiger partial charge in [-0.2, -0.15) is 0 Å². The van der Waals surface area contributed by atoms with E-state index in [2.05, 4.69) is 0 Å². The van der Waals surface area contributed by atoms with Gasteiger partial charge in [-0.1, -0.05) is 12.1 Å². The average Bonchev–Trinajstić information content (AvgIpc) is 2.64. The molecule has 3 aromatic carbocycles. The van der Waals surface area contributed by atoms with E-state index in [-0.39, 0.29) is 0 Å². The van der Waals surface area contributed by atoms with E-state index in [9.17, 15) is 9.59 Å². The minimum absolute atomic E-state index is 0.399. The summed E-state index contributed by atoms with van der Waals surface area (Å²) in [4.78, 5) is 22.3. The molecule has 0 aliphatic carbocycles. The first kappa shape index (κ1) is 17.0. The summed E-state index contributed by atoms with van der Waals surface area (Å²) in [5.41, 5.74) is 11.3. The molecular weight excluding hydrogens is 332 g/mol. The Balaban J connectivity index is 1.79. The zero-order chi connectivity index (χ0) is 18.5. The topological polar surface area (TPSA) is 105 Å². The van der Waals surface area contributed by atoms with E-state index < -0.39 is 11.8 Å². The monoisotopic (exact) mass is 348 g/mol. The lowest BCUT2D eigenvalue weighted by molar-refractivity contribution is 0.0992. The summed E-state index contributed by atoms with van der Waals surface area (Å²) in [5.74, 6) is 1.07. The van der Waals surface area contributed by atoms with Crippen molar-refractivity contribution in [1.82, 2.24) is 0 Å². The van der Waals surface area contributed by atoms with Gasteiger partial charge in [0.05, 0.1) is 0 Å². The Bertz CT molecular complexity index is 856. The Hall–Kier alpha value is -3.80. The summed E-state index contributed by atoms with van der Waals surface area (Å²) in [6.45, 7) is 0. The van der Waals surface area contributed by atoms with Crippen molar-refractivity contribution in [3.63, 3.8) is 0 Å². The molecule has 3 aromatic rings. The number of hydrogen-bond acceptors (Lipinski definition) is 4. The third-order valence-electron chi connectivity index (χ3n) is 3.58. The lowest BCUT2D eigenvalue weighted by atomic mass is 10.2. The summed E-state index contributed by atoms with van der Waals surface area (Å²) in [6, 6.07) is 20.1. The number of benzene rings is 3. The van der Waals surface area contributed by atoms with Crippen LogP contribution in [0.1, 0.15) is 20.7 Å². The molecule has 130 valence electrons. The van der Waals surface area contributed by atoms with Gasteiger partial charge in [0, 0.05) is 11.1 Å². The van der Waals surface area contributed by atoms with Crippen molar-refractivity contribution < 1.29 is 19.1 Å². The second-order valence-corrected chi connectivity index (χ2v) is 5.43. The number of carbonyl (C=O) groups is 2. The highest BCUT2D eigenvalue weighted by atomic mass is 16.5. The van der Waals surface area contributed by atoms with Crippen molar-refractivity contribution >= 4 is 11.8 Å². The number of para-hydroxylation sites is 2. The van der Waals surface area contributed by atoms with Gasteiger partial charge >= 0.3 is 0 Å². The molecule has 6 nitrogen and oxygen atoms in total. The van der Waals surface area contributed by atoms with E-state index in [4.69, 9.17) is 20.9 Å². The van der Waals surface area contributed by atoms with Gasteiger partial charge in [0.1, 0.15) is 11.5 Å². The number of hydrogen-bond donors (Lipinski definition) is 2. The fraction of sp³-hybridized carbons (Fsp3) is 0. The van der Waals surface area contributed by atoms with Gasteiger partial charge in [-0.25, -0.2) is 0 Å². The highest BCUT2D eigenvalue weighted by Crippen LogP contribution is 2.34. The van der Waals surface area contributed by atoms with Gasteiger partial charge < -0.3 is 20.9 Å². The van der Waals surface area contributed by atoms with Gasteiger partial charge in [-0.15, -0.1) is 0 Å². The van der Waals surface area contributed by atoms with Crippen molar-refractivity contribution in [2.45, 2.75) is 0 Å². The molecule has 6 heteroatoms. The molecule has 0 fully saturated rings. The maximum atomic E-state index is 11.1. The molecule has 4 N–H and O–H groups in total. The summed E-state index contributed by atoms with van der Waals surface area (Å²) in [5, 5.41) is 0. The molecule has 0 heterocycles. The Morgan fingerprint density at radius 2 is 0.923 bits per heavy atom. The van der Waals surface area contributed by atoms with E-state index in [1.54, 1.807) is 60.7 Å². The van der Waals surface area contributed by atoms with Crippen LogP contribution in [0.5, 0.6) is 23.0 Å². The first-order valence-electron chi connectivity index (χ1n) is 7.77. The van der Waals surface area contributed by atoms with Crippen molar-refractivity contribution in [3.05, 3.63) is 83.9 Å². The Morgan fingerprint density at radius 3 is 1.23 bits per heavy atom. The zero-order valence-corrected chi connectivity index (χ0v) is 13.7. The molecule has 0 saturated heterocycles. The van der Waals surface area contributed by atoms with Crippen LogP contribution in [-0.4, -0.2) is 11.8 Å². The van der Waals surface area contributed by atoms with E-state index in [1.165, 1.54) is 0 Å². The predicted octanol–water partition coefficient (Wildman–Crippen LogP) is 3.47. The van der Waals surface area contributed by atoms with Gasteiger partial charge in [-0.3, -0.25) is 9.59 Å². The molecule has 0 unspecified atom stereocenters. The first-order chi connectivity index (χ1) is 12.5. The van der Waals surface area contributed by atoms with Crippen LogP contribution in [0.2, 0.25) is 0 Å². The summed E-state index contributed by atoms with van der Waals surface area (Å²) < 4.78 is 11.7. The molecule has 0 saturated carbocycles. The Labute approximate surface area is 150 Å². The molecule has 2 amide bonds. The SMILES string of the molecule is NC(=O)c1ccc(Oc2ccccc2Oc2ccc(C(N)=O)cc2)cc1. The Morgan fingerprint density at radius 1 is 0.577 bits per heavy atom. The quantitative estimate of drug-likeness (QED) is 0.711. The molecular formula is C20H16N2O4. The third-order valence-corrected chi connectivity index (χ3v) is 3.58. The number of primary amides is 2. The molecule has 0 aliphatic rings. The fourth-order valence-electron chi connectivity index (χ4n) is 2.25. The van der Waals surface area contributed by atoms with Crippen LogP contribution < -0.4 is 20.9 Å². The summed E-state index contributed by atoms with van der Waals surface area (Å²) >= 11 is 0. The molecule has 3 rings (SSSR count). The maximum absolute atomic E-state index is 11.1. The number of nitrogens with two attached hydrogens (primary N) is 2. The van der Waals surface area contributed by atoms with Gasteiger partial charge in [0.25, 0.3) is 0 Å². The zero-order valence-electron chi connectivity index (χ0n) is 13.7.